The topological polar surface area (TPSA) is 114 Å². The fourth-order valence-corrected chi connectivity index (χ4v) is 3.74. The summed E-state index contributed by atoms with van der Waals surface area (Å²) >= 11 is 0. The van der Waals surface area contributed by atoms with Crippen molar-refractivity contribution >= 4 is 30.0 Å². The van der Waals surface area contributed by atoms with Gasteiger partial charge in [-0.1, -0.05) is 51.6 Å². The van der Waals surface area contributed by atoms with Gasteiger partial charge in [-0.15, -0.1) is 0 Å². The van der Waals surface area contributed by atoms with Crippen LogP contribution in [0.25, 0.3) is 6.08 Å². The SMILES string of the molecule is C=Cc1cccc(C(C(=O)NCC(=O)OC)N(C(=O)C(CC(C)C)NC(=O)OC(C)(C)C)C(C)CC)c1. The summed E-state index contributed by atoms with van der Waals surface area (Å²) in [6, 6.07) is 4.76. The molecule has 9 heteroatoms. The molecule has 1 aromatic carbocycles. The summed E-state index contributed by atoms with van der Waals surface area (Å²) in [5.41, 5.74) is 0.576. The third-order valence-electron chi connectivity index (χ3n) is 5.64. The first-order chi connectivity index (χ1) is 17.2. The van der Waals surface area contributed by atoms with Crippen LogP contribution in [0, 0.1) is 5.92 Å². The van der Waals surface area contributed by atoms with Crippen LogP contribution in [0.3, 0.4) is 0 Å². The lowest BCUT2D eigenvalue weighted by molar-refractivity contribution is -0.146. The van der Waals surface area contributed by atoms with Gasteiger partial charge in [0.15, 0.2) is 0 Å². The Labute approximate surface area is 221 Å². The number of alkyl carbamates (subject to hydrolysis) is 1. The van der Waals surface area contributed by atoms with E-state index < -0.39 is 41.6 Å². The lowest BCUT2D eigenvalue weighted by Gasteiger charge is -2.38. The Morgan fingerprint density at radius 1 is 1.14 bits per heavy atom. The van der Waals surface area contributed by atoms with Crippen molar-refractivity contribution in [1.29, 1.82) is 0 Å². The molecule has 0 aliphatic rings. The molecule has 3 atom stereocenters. The number of methoxy groups -OCH3 is 1. The summed E-state index contributed by atoms with van der Waals surface area (Å²) in [5, 5.41) is 5.31. The van der Waals surface area contributed by atoms with Crippen LogP contribution in [0.1, 0.15) is 78.5 Å². The van der Waals surface area contributed by atoms with Crippen molar-refractivity contribution in [2.24, 2.45) is 5.92 Å². The molecule has 2 N–H and O–H groups in total. The van der Waals surface area contributed by atoms with Crippen molar-refractivity contribution in [3.8, 4) is 0 Å². The molecule has 0 heterocycles. The third kappa shape index (κ3) is 10.3. The van der Waals surface area contributed by atoms with Gasteiger partial charge in [0, 0.05) is 6.04 Å². The smallest absolute Gasteiger partial charge is 0.408 e. The van der Waals surface area contributed by atoms with Crippen LogP contribution in [0.15, 0.2) is 30.8 Å². The molecule has 0 aromatic heterocycles. The third-order valence-corrected chi connectivity index (χ3v) is 5.64. The summed E-state index contributed by atoms with van der Waals surface area (Å²) < 4.78 is 10.1. The highest BCUT2D eigenvalue weighted by atomic mass is 16.6. The maximum Gasteiger partial charge on any atom is 0.408 e. The van der Waals surface area contributed by atoms with E-state index in [4.69, 9.17) is 4.74 Å². The Hall–Kier alpha value is -3.36. The zero-order chi connectivity index (χ0) is 28.3. The zero-order valence-electron chi connectivity index (χ0n) is 23.4. The Kier molecular flexibility index (Phi) is 12.3. The molecule has 0 spiro atoms. The quantitative estimate of drug-likeness (QED) is 0.401. The number of hydrogen-bond donors (Lipinski definition) is 2. The van der Waals surface area contributed by atoms with E-state index in [-0.39, 0.29) is 18.5 Å². The zero-order valence-corrected chi connectivity index (χ0v) is 23.4. The molecule has 9 nitrogen and oxygen atoms in total. The molecular weight excluding hydrogens is 474 g/mol. The molecule has 0 fully saturated rings. The molecule has 3 unspecified atom stereocenters. The van der Waals surface area contributed by atoms with Gasteiger partial charge in [-0.25, -0.2) is 4.79 Å². The molecule has 3 amide bonds. The van der Waals surface area contributed by atoms with Gasteiger partial charge in [0.25, 0.3) is 0 Å². The Morgan fingerprint density at radius 3 is 2.30 bits per heavy atom. The predicted octanol–water partition coefficient (Wildman–Crippen LogP) is 4.23. The number of nitrogens with zero attached hydrogens (tertiary/aromatic N) is 1. The second-order valence-corrected chi connectivity index (χ2v) is 10.4. The van der Waals surface area contributed by atoms with E-state index >= 15 is 0 Å². The molecule has 1 aromatic rings. The average molecular weight is 518 g/mol. The predicted molar refractivity (Wildman–Crippen MR) is 144 cm³/mol. The van der Waals surface area contributed by atoms with Crippen LogP contribution in [-0.2, 0) is 23.9 Å². The van der Waals surface area contributed by atoms with Gasteiger partial charge in [0.1, 0.15) is 24.2 Å². The maximum atomic E-state index is 14.1. The normalized spacial score (nSPS) is 13.6. The summed E-state index contributed by atoms with van der Waals surface area (Å²) in [6.07, 6.45) is 1.83. The monoisotopic (exact) mass is 517 g/mol. The fraction of sp³-hybridized carbons (Fsp3) is 0.571. The van der Waals surface area contributed by atoms with Gasteiger partial charge in [-0.2, -0.15) is 0 Å². The fourth-order valence-electron chi connectivity index (χ4n) is 3.74. The molecule has 0 radical (unpaired) electrons. The number of ether oxygens (including phenoxy) is 2. The largest absolute Gasteiger partial charge is 0.468 e. The van der Waals surface area contributed by atoms with Gasteiger partial charge in [-0.05, 0) is 63.6 Å². The first-order valence-corrected chi connectivity index (χ1v) is 12.6. The van der Waals surface area contributed by atoms with Crippen molar-refractivity contribution < 1.29 is 28.7 Å². The summed E-state index contributed by atoms with van der Waals surface area (Å²) in [7, 11) is 1.23. The molecule has 0 saturated heterocycles. The van der Waals surface area contributed by atoms with E-state index in [1.54, 1.807) is 45.0 Å². The number of benzene rings is 1. The van der Waals surface area contributed by atoms with E-state index in [1.165, 1.54) is 12.0 Å². The van der Waals surface area contributed by atoms with Crippen molar-refractivity contribution in [1.82, 2.24) is 15.5 Å². The average Bonchev–Trinajstić information content (AvgIpc) is 2.82. The van der Waals surface area contributed by atoms with Crippen molar-refractivity contribution in [2.45, 2.75) is 85.0 Å². The van der Waals surface area contributed by atoms with Crippen LogP contribution >= 0.6 is 0 Å². The highest BCUT2D eigenvalue weighted by Crippen LogP contribution is 2.28. The second-order valence-electron chi connectivity index (χ2n) is 10.4. The summed E-state index contributed by atoms with van der Waals surface area (Å²) in [6.45, 7) is 16.3. The standard InChI is InChI=1S/C28H43N3O6/c1-10-19(5)31(26(34)22(15-18(3)4)30-27(35)37-28(6,7)8)24(25(33)29-17-23(32)36-9)21-14-12-13-20(11-2)16-21/h11-14,16,18-19,22,24H,2,10,15,17H2,1,3-9H3,(H,29,33)(H,30,35). The minimum atomic E-state index is -1.07. The number of amides is 3. The number of hydrogen-bond acceptors (Lipinski definition) is 6. The van der Waals surface area contributed by atoms with Crippen molar-refractivity contribution in [2.75, 3.05) is 13.7 Å². The Balaban J connectivity index is 3.57. The van der Waals surface area contributed by atoms with Crippen LogP contribution in [0.4, 0.5) is 4.79 Å². The second kappa shape index (κ2) is 14.4. The molecule has 37 heavy (non-hydrogen) atoms. The van der Waals surface area contributed by atoms with Gasteiger partial charge >= 0.3 is 12.1 Å². The van der Waals surface area contributed by atoms with E-state index in [2.05, 4.69) is 21.9 Å². The Morgan fingerprint density at radius 2 is 1.78 bits per heavy atom. The van der Waals surface area contributed by atoms with Crippen molar-refractivity contribution in [3.63, 3.8) is 0 Å². The highest BCUT2D eigenvalue weighted by molar-refractivity contribution is 5.93. The number of rotatable bonds is 12. The molecular formula is C28H43N3O6. The minimum Gasteiger partial charge on any atom is -0.468 e. The van der Waals surface area contributed by atoms with Gasteiger partial charge in [0.05, 0.1) is 7.11 Å². The summed E-state index contributed by atoms with van der Waals surface area (Å²) in [4.78, 5) is 53.5. The van der Waals surface area contributed by atoms with Gasteiger partial charge < -0.3 is 25.0 Å². The van der Waals surface area contributed by atoms with Crippen LogP contribution in [0.2, 0.25) is 0 Å². The first kappa shape index (κ1) is 31.7. The first-order valence-electron chi connectivity index (χ1n) is 12.6. The van der Waals surface area contributed by atoms with E-state index in [0.29, 0.717) is 18.4 Å². The number of carbonyl (C=O) groups is 4. The molecule has 0 aliphatic heterocycles. The van der Waals surface area contributed by atoms with Gasteiger partial charge in [0.2, 0.25) is 11.8 Å². The molecule has 206 valence electrons. The molecule has 1 rings (SSSR count). The molecule has 0 aliphatic carbocycles. The maximum absolute atomic E-state index is 14.1. The van der Waals surface area contributed by atoms with Crippen LogP contribution in [0.5, 0.6) is 0 Å². The number of carbonyl (C=O) groups excluding carboxylic acids is 4. The van der Waals surface area contributed by atoms with Crippen LogP contribution < -0.4 is 10.6 Å². The highest BCUT2D eigenvalue weighted by Gasteiger charge is 2.38. The molecule has 0 bridgehead atoms. The molecule has 0 saturated carbocycles. The van der Waals surface area contributed by atoms with Crippen LogP contribution in [-0.4, -0.2) is 60.1 Å². The lowest BCUT2D eigenvalue weighted by Crippen LogP contribution is -2.56. The summed E-state index contributed by atoms with van der Waals surface area (Å²) in [5.74, 6) is -1.51. The van der Waals surface area contributed by atoms with E-state index in [9.17, 15) is 19.2 Å². The van der Waals surface area contributed by atoms with Crippen molar-refractivity contribution in [3.05, 3.63) is 42.0 Å². The van der Waals surface area contributed by atoms with Gasteiger partial charge in [-0.3, -0.25) is 14.4 Å². The number of esters is 1. The van der Waals surface area contributed by atoms with E-state index in [0.717, 1.165) is 5.56 Å². The minimum absolute atomic E-state index is 0.0679. The Bertz CT molecular complexity index is 953. The number of nitrogens with one attached hydrogen (secondary N) is 2. The lowest BCUT2D eigenvalue weighted by atomic mass is 9.96. The van der Waals surface area contributed by atoms with E-state index in [1.807, 2.05) is 33.8 Å².